The molecule has 0 saturated carbocycles. The molecule has 1 amide bonds. The molecule has 0 aliphatic carbocycles. The van der Waals surface area contributed by atoms with Crippen LogP contribution in [0.3, 0.4) is 0 Å². The largest absolute Gasteiger partial charge is 0.466 e. The van der Waals surface area contributed by atoms with Crippen LogP contribution >= 0.6 is 0 Å². The second-order valence-electron chi connectivity index (χ2n) is 4.78. The fourth-order valence-corrected chi connectivity index (χ4v) is 1.59. The van der Waals surface area contributed by atoms with Crippen molar-refractivity contribution >= 4 is 11.9 Å². The van der Waals surface area contributed by atoms with E-state index in [-0.39, 0.29) is 29.8 Å². The van der Waals surface area contributed by atoms with Gasteiger partial charge in [-0.1, -0.05) is 26.8 Å². The van der Waals surface area contributed by atoms with Crippen molar-refractivity contribution < 1.29 is 14.3 Å². The number of carbonyl (C=O) groups excluding carboxylic acids is 2. The van der Waals surface area contributed by atoms with Crippen LogP contribution in [0.4, 0.5) is 0 Å². The summed E-state index contributed by atoms with van der Waals surface area (Å²) < 4.78 is 4.92. The summed E-state index contributed by atoms with van der Waals surface area (Å²) in [5.74, 6) is -0.257. The molecule has 0 fully saturated rings. The molecule has 4 heteroatoms. The SMILES string of the molecule is C=CCC(NC(=O)C(C)C)C(C)CC(=O)OCC. The van der Waals surface area contributed by atoms with E-state index in [0.717, 1.165) is 0 Å². The van der Waals surface area contributed by atoms with Gasteiger partial charge in [0.05, 0.1) is 13.0 Å². The van der Waals surface area contributed by atoms with Gasteiger partial charge in [-0.25, -0.2) is 0 Å². The number of rotatable bonds is 8. The smallest absolute Gasteiger partial charge is 0.306 e. The highest BCUT2D eigenvalue weighted by Gasteiger charge is 2.22. The van der Waals surface area contributed by atoms with E-state index < -0.39 is 0 Å². The van der Waals surface area contributed by atoms with Crippen LogP contribution in [0.25, 0.3) is 0 Å². The Morgan fingerprint density at radius 1 is 1.33 bits per heavy atom. The van der Waals surface area contributed by atoms with Gasteiger partial charge in [0.15, 0.2) is 0 Å². The standard InChI is InChI=1S/C14H25NO3/c1-6-8-12(15-14(17)10(3)4)11(5)9-13(16)18-7-2/h6,10-12H,1,7-9H2,2-5H3,(H,15,17). The summed E-state index contributed by atoms with van der Waals surface area (Å²) in [4.78, 5) is 23.1. The van der Waals surface area contributed by atoms with Crippen molar-refractivity contribution in [2.45, 2.75) is 46.6 Å². The van der Waals surface area contributed by atoms with Crippen molar-refractivity contribution in [2.24, 2.45) is 11.8 Å². The average Bonchev–Trinajstić information content (AvgIpc) is 2.28. The van der Waals surface area contributed by atoms with Crippen molar-refractivity contribution in [3.05, 3.63) is 12.7 Å². The van der Waals surface area contributed by atoms with Gasteiger partial charge in [-0.2, -0.15) is 0 Å². The van der Waals surface area contributed by atoms with Crippen LogP contribution in [0.2, 0.25) is 0 Å². The summed E-state index contributed by atoms with van der Waals surface area (Å²) in [6, 6.07) is -0.0678. The van der Waals surface area contributed by atoms with E-state index in [1.165, 1.54) is 0 Å². The highest BCUT2D eigenvalue weighted by molar-refractivity contribution is 5.78. The maximum Gasteiger partial charge on any atom is 0.306 e. The molecule has 18 heavy (non-hydrogen) atoms. The molecule has 0 aliphatic heterocycles. The molecule has 0 radical (unpaired) electrons. The first kappa shape index (κ1) is 16.7. The van der Waals surface area contributed by atoms with Gasteiger partial charge in [0.2, 0.25) is 5.91 Å². The van der Waals surface area contributed by atoms with E-state index in [9.17, 15) is 9.59 Å². The minimum atomic E-state index is -0.224. The third kappa shape index (κ3) is 6.42. The molecule has 0 aromatic carbocycles. The van der Waals surface area contributed by atoms with Gasteiger partial charge in [0.1, 0.15) is 0 Å². The first-order valence-corrected chi connectivity index (χ1v) is 6.49. The molecular weight excluding hydrogens is 230 g/mol. The van der Waals surface area contributed by atoms with Gasteiger partial charge in [-0.15, -0.1) is 6.58 Å². The fourth-order valence-electron chi connectivity index (χ4n) is 1.59. The topological polar surface area (TPSA) is 55.4 Å². The quantitative estimate of drug-likeness (QED) is 0.535. The number of amides is 1. The maximum atomic E-state index is 11.7. The maximum absolute atomic E-state index is 11.7. The first-order valence-electron chi connectivity index (χ1n) is 6.49. The van der Waals surface area contributed by atoms with E-state index >= 15 is 0 Å². The Kier molecular flexibility index (Phi) is 8.08. The predicted molar refractivity (Wildman–Crippen MR) is 72.0 cm³/mol. The molecule has 0 aliphatic rings. The molecule has 104 valence electrons. The van der Waals surface area contributed by atoms with Crippen LogP contribution in [0.15, 0.2) is 12.7 Å². The molecule has 0 heterocycles. The zero-order valence-electron chi connectivity index (χ0n) is 11.9. The van der Waals surface area contributed by atoms with Gasteiger partial charge < -0.3 is 10.1 Å². The van der Waals surface area contributed by atoms with Crippen LogP contribution in [0, 0.1) is 11.8 Å². The lowest BCUT2D eigenvalue weighted by Gasteiger charge is -2.24. The molecule has 0 rings (SSSR count). The zero-order valence-corrected chi connectivity index (χ0v) is 11.9. The van der Waals surface area contributed by atoms with Gasteiger partial charge in [0.25, 0.3) is 0 Å². The fraction of sp³-hybridized carbons (Fsp3) is 0.714. The molecule has 2 atom stereocenters. The highest BCUT2D eigenvalue weighted by Crippen LogP contribution is 2.14. The lowest BCUT2D eigenvalue weighted by Crippen LogP contribution is -2.41. The van der Waals surface area contributed by atoms with E-state index in [0.29, 0.717) is 19.4 Å². The summed E-state index contributed by atoms with van der Waals surface area (Å²) >= 11 is 0. The van der Waals surface area contributed by atoms with Crippen LogP contribution in [0.5, 0.6) is 0 Å². The normalized spacial score (nSPS) is 13.8. The summed E-state index contributed by atoms with van der Waals surface area (Å²) in [5.41, 5.74) is 0. The molecular formula is C14H25NO3. The molecule has 1 N–H and O–H groups in total. The Labute approximate surface area is 110 Å². The van der Waals surface area contributed by atoms with Crippen LogP contribution in [0.1, 0.15) is 40.5 Å². The van der Waals surface area contributed by atoms with Crippen LogP contribution < -0.4 is 5.32 Å². The molecule has 4 nitrogen and oxygen atoms in total. The number of ether oxygens (including phenoxy) is 1. The van der Waals surface area contributed by atoms with Gasteiger partial charge in [-0.3, -0.25) is 9.59 Å². The Morgan fingerprint density at radius 2 is 1.94 bits per heavy atom. The third-order valence-corrected chi connectivity index (χ3v) is 2.75. The molecule has 0 bridgehead atoms. The van der Waals surface area contributed by atoms with Crippen molar-refractivity contribution in [3.63, 3.8) is 0 Å². The van der Waals surface area contributed by atoms with Crippen molar-refractivity contribution in [3.8, 4) is 0 Å². The molecule has 0 spiro atoms. The zero-order chi connectivity index (χ0) is 14.1. The monoisotopic (exact) mass is 255 g/mol. The molecule has 2 unspecified atom stereocenters. The lowest BCUT2D eigenvalue weighted by atomic mass is 9.95. The average molecular weight is 255 g/mol. The number of esters is 1. The Balaban J connectivity index is 4.43. The van der Waals surface area contributed by atoms with E-state index in [1.807, 2.05) is 20.8 Å². The summed E-state index contributed by atoms with van der Waals surface area (Å²) in [6.07, 6.45) is 2.72. The predicted octanol–water partition coefficient (Wildman–Crippen LogP) is 2.29. The second-order valence-corrected chi connectivity index (χ2v) is 4.78. The number of hydrogen-bond donors (Lipinski definition) is 1. The third-order valence-electron chi connectivity index (χ3n) is 2.75. The number of nitrogens with one attached hydrogen (secondary N) is 1. The number of carbonyl (C=O) groups is 2. The second kappa shape index (κ2) is 8.72. The lowest BCUT2D eigenvalue weighted by molar-refractivity contribution is -0.144. The Morgan fingerprint density at radius 3 is 2.39 bits per heavy atom. The van der Waals surface area contributed by atoms with Crippen molar-refractivity contribution in [1.29, 1.82) is 0 Å². The van der Waals surface area contributed by atoms with Crippen molar-refractivity contribution in [2.75, 3.05) is 6.61 Å². The van der Waals surface area contributed by atoms with E-state index in [4.69, 9.17) is 4.74 Å². The molecule has 0 aromatic rings. The summed E-state index contributed by atoms with van der Waals surface area (Å²) in [6.45, 7) is 11.5. The Bertz CT molecular complexity index is 287. The van der Waals surface area contributed by atoms with E-state index in [1.54, 1.807) is 13.0 Å². The van der Waals surface area contributed by atoms with Crippen LogP contribution in [-0.4, -0.2) is 24.5 Å². The minimum absolute atomic E-state index is 0.00226. The summed E-state index contributed by atoms with van der Waals surface area (Å²) in [5, 5.41) is 2.95. The first-order chi connectivity index (χ1) is 8.42. The molecule has 0 saturated heterocycles. The minimum Gasteiger partial charge on any atom is -0.466 e. The van der Waals surface area contributed by atoms with Gasteiger partial charge in [-0.05, 0) is 19.3 Å². The van der Waals surface area contributed by atoms with Gasteiger partial charge in [0, 0.05) is 12.0 Å². The Hall–Kier alpha value is -1.32. The number of hydrogen-bond acceptors (Lipinski definition) is 3. The van der Waals surface area contributed by atoms with Gasteiger partial charge >= 0.3 is 5.97 Å². The van der Waals surface area contributed by atoms with E-state index in [2.05, 4.69) is 11.9 Å². The molecule has 0 aromatic heterocycles. The summed E-state index contributed by atoms with van der Waals surface area (Å²) in [7, 11) is 0. The van der Waals surface area contributed by atoms with Crippen LogP contribution in [-0.2, 0) is 14.3 Å². The highest BCUT2D eigenvalue weighted by atomic mass is 16.5. The van der Waals surface area contributed by atoms with Crippen molar-refractivity contribution in [1.82, 2.24) is 5.32 Å².